The van der Waals surface area contributed by atoms with Crippen LogP contribution in [0.2, 0.25) is 0 Å². The Labute approximate surface area is 191 Å². The van der Waals surface area contributed by atoms with Crippen LogP contribution in [0.5, 0.6) is 0 Å². The summed E-state index contributed by atoms with van der Waals surface area (Å²) < 4.78 is 42.0. The van der Waals surface area contributed by atoms with E-state index >= 15 is 0 Å². The molecule has 6 rings (SSSR count). The van der Waals surface area contributed by atoms with Crippen molar-refractivity contribution < 1.29 is 13.2 Å². The van der Waals surface area contributed by atoms with Gasteiger partial charge in [0.2, 0.25) is 0 Å². The first-order valence-electron chi connectivity index (χ1n) is 12.0. The minimum Gasteiger partial charge on any atom is -0.383 e. The summed E-state index contributed by atoms with van der Waals surface area (Å²) in [6.45, 7) is 6.54. The number of anilines is 1. The van der Waals surface area contributed by atoms with E-state index in [-0.39, 0.29) is 6.04 Å². The summed E-state index contributed by atoms with van der Waals surface area (Å²) in [5.74, 6) is 1.27. The third kappa shape index (κ3) is 3.38. The molecule has 2 N–H and O–H groups in total. The molecule has 4 atom stereocenters. The summed E-state index contributed by atoms with van der Waals surface area (Å²) in [6.07, 6.45) is 0.614. The van der Waals surface area contributed by atoms with E-state index in [1.165, 1.54) is 38.5 Å². The van der Waals surface area contributed by atoms with Gasteiger partial charge >= 0.3 is 6.18 Å². The van der Waals surface area contributed by atoms with Crippen LogP contribution in [0.4, 0.5) is 19.0 Å². The maximum atomic E-state index is 13.3. The Kier molecular flexibility index (Phi) is 4.66. The Bertz CT molecular complexity index is 1060. The normalized spacial score (nSPS) is 33.9. The van der Waals surface area contributed by atoms with E-state index in [0.717, 1.165) is 23.8 Å². The Hall–Kier alpha value is -2.13. The standard InChI is InChI=1S/C24H31F3N6/c1-12(2)33-21(8-20(30-33)13-4-19(24(25,26)27)23(28)29-9-13)22-17-6-14(7-18(17)22)32-11-15-5-16(32)10-31(15)3/h4,8-9,12,14-18,22H,5-7,10-11H2,1-3H3,(H2,28,29)/t14?,15-,16-,17?,18?,22?/m0/s1. The number of fused-ring (bicyclic) bond motifs is 3. The van der Waals surface area contributed by atoms with Gasteiger partial charge < -0.3 is 10.6 Å². The number of likely N-dealkylation sites (N-methyl/N-ethyl adjacent to an activating group) is 1. The van der Waals surface area contributed by atoms with Crippen LogP contribution < -0.4 is 5.73 Å². The number of nitrogens with two attached hydrogens (primary N) is 1. The van der Waals surface area contributed by atoms with E-state index in [1.807, 2.05) is 10.7 Å². The number of hydrogen-bond donors (Lipinski definition) is 1. The van der Waals surface area contributed by atoms with Crippen molar-refractivity contribution in [2.24, 2.45) is 11.8 Å². The van der Waals surface area contributed by atoms with Crippen LogP contribution in [0.15, 0.2) is 18.3 Å². The van der Waals surface area contributed by atoms with Crippen LogP contribution in [0, 0.1) is 11.8 Å². The van der Waals surface area contributed by atoms with Crippen LogP contribution in [0.3, 0.4) is 0 Å². The number of aromatic nitrogens is 3. The maximum absolute atomic E-state index is 13.3. The molecule has 2 saturated heterocycles. The molecule has 2 aliphatic carbocycles. The topological polar surface area (TPSA) is 63.2 Å². The molecule has 33 heavy (non-hydrogen) atoms. The number of nitrogen functional groups attached to an aromatic ring is 1. The maximum Gasteiger partial charge on any atom is 0.419 e. The van der Waals surface area contributed by atoms with Gasteiger partial charge in [0.05, 0.1) is 11.3 Å². The van der Waals surface area contributed by atoms with E-state index < -0.39 is 17.6 Å². The lowest BCUT2D eigenvalue weighted by molar-refractivity contribution is -0.137. The zero-order chi connectivity index (χ0) is 23.2. The van der Waals surface area contributed by atoms with Crippen molar-refractivity contribution in [3.8, 4) is 11.3 Å². The van der Waals surface area contributed by atoms with Crippen LogP contribution >= 0.6 is 0 Å². The van der Waals surface area contributed by atoms with Crippen molar-refractivity contribution >= 4 is 5.82 Å². The van der Waals surface area contributed by atoms with E-state index in [9.17, 15) is 13.2 Å². The zero-order valence-electron chi connectivity index (χ0n) is 19.3. The van der Waals surface area contributed by atoms with Crippen molar-refractivity contribution in [3.05, 3.63) is 29.6 Å². The van der Waals surface area contributed by atoms with Gasteiger partial charge in [-0.25, -0.2) is 4.98 Å². The van der Waals surface area contributed by atoms with Gasteiger partial charge in [0.1, 0.15) is 5.82 Å². The van der Waals surface area contributed by atoms with Gasteiger partial charge in [-0.3, -0.25) is 9.58 Å². The van der Waals surface area contributed by atoms with Gasteiger partial charge in [-0.15, -0.1) is 0 Å². The molecule has 9 heteroatoms. The zero-order valence-corrected chi connectivity index (χ0v) is 19.3. The molecule has 2 aliphatic heterocycles. The van der Waals surface area contributed by atoms with Crippen LogP contribution in [0.1, 0.15) is 56.3 Å². The summed E-state index contributed by atoms with van der Waals surface area (Å²) >= 11 is 0. The number of pyridine rings is 1. The molecule has 0 amide bonds. The van der Waals surface area contributed by atoms with Gasteiger partial charge in [0.15, 0.2) is 0 Å². The number of piperazine rings is 1. The van der Waals surface area contributed by atoms with Gasteiger partial charge in [-0.2, -0.15) is 18.3 Å². The first-order chi connectivity index (χ1) is 15.6. The first kappa shape index (κ1) is 21.4. The third-order valence-electron chi connectivity index (χ3n) is 8.56. The molecule has 2 saturated carbocycles. The summed E-state index contributed by atoms with van der Waals surface area (Å²) in [7, 11) is 2.24. The van der Waals surface area contributed by atoms with Crippen molar-refractivity contribution in [1.29, 1.82) is 0 Å². The lowest BCUT2D eigenvalue weighted by Crippen LogP contribution is -2.48. The summed E-state index contributed by atoms with van der Waals surface area (Å²) in [4.78, 5) is 9.06. The summed E-state index contributed by atoms with van der Waals surface area (Å²) in [5, 5.41) is 4.71. The fourth-order valence-electron chi connectivity index (χ4n) is 6.92. The highest BCUT2D eigenvalue weighted by atomic mass is 19.4. The van der Waals surface area contributed by atoms with E-state index in [1.54, 1.807) is 0 Å². The molecule has 0 spiro atoms. The SMILES string of the molecule is CC(C)n1nc(-c2cnc(N)c(C(F)(F)F)c2)cc1C1C2CC(N3C[C@@H]4C[C@H]3CN4C)CC21. The number of alkyl halides is 3. The minimum absolute atomic E-state index is 0.138. The highest BCUT2D eigenvalue weighted by Crippen LogP contribution is 2.64. The smallest absolute Gasteiger partial charge is 0.383 e. The van der Waals surface area contributed by atoms with Crippen molar-refractivity contribution in [3.63, 3.8) is 0 Å². The number of rotatable bonds is 4. The number of likely N-dealkylation sites (tertiary alicyclic amines) is 2. The minimum atomic E-state index is -4.54. The average molecular weight is 461 g/mol. The van der Waals surface area contributed by atoms with Crippen LogP contribution in [0.25, 0.3) is 11.3 Å². The van der Waals surface area contributed by atoms with Gasteiger partial charge in [-0.05, 0) is 64.1 Å². The number of nitrogens with zero attached hydrogens (tertiary/aromatic N) is 5. The highest BCUT2D eigenvalue weighted by molar-refractivity contribution is 5.63. The predicted octanol–water partition coefficient (Wildman–Crippen LogP) is 4.01. The summed E-state index contributed by atoms with van der Waals surface area (Å²) in [5.41, 5.74) is 6.64. The molecular formula is C24H31F3N6. The quantitative estimate of drug-likeness (QED) is 0.747. The molecule has 4 heterocycles. The molecule has 0 aromatic carbocycles. The van der Waals surface area contributed by atoms with Crippen molar-refractivity contribution in [1.82, 2.24) is 24.6 Å². The highest BCUT2D eigenvalue weighted by Gasteiger charge is 2.60. The number of hydrogen-bond acceptors (Lipinski definition) is 5. The fourth-order valence-corrected chi connectivity index (χ4v) is 6.92. The molecule has 4 fully saturated rings. The van der Waals surface area contributed by atoms with Crippen molar-refractivity contribution in [2.45, 2.75) is 69.4 Å². The molecule has 2 unspecified atom stereocenters. The van der Waals surface area contributed by atoms with Gasteiger partial charge in [0, 0.05) is 60.6 Å². The molecule has 0 radical (unpaired) electrons. The molecule has 4 aliphatic rings. The average Bonchev–Trinajstić information content (AvgIpc) is 3.28. The Balaban J connectivity index is 1.23. The van der Waals surface area contributed by atoms with Crippen LogP contribution in [-0.2, 0) is 6.18 Å². The fraction of sp³-hybridized carbons (Fsp3) is 0.667. The third-order valence-corrected chi connectivity index (χ3v) is 8.56. The largest absolute Gasteiger partial charge is 0.419 e. The number of halogens is 3. The van der Waals surface area contributed by atoms with Gasteiger partial charge in [0.25, 0.3) is 0 Å². The van der Waals surface area contributed by atoms with Crippen LogP contribution in [-0.4, -0.2) is 62.8 Å². The molecule has 6 nitrogen and oxygen atoms in total. The van der Waals surface area contributed by atoms with Gasteiger partial charge in [-0.1, -0.05) is 0 Å². The second kappa shape index (κ2) is 7.18. The molecule has 2 bridgehead atoms. The lowest BCUT2D eigenvalue weighted by Gasteiger charge is -2.37. The van der Waals surface area contributed by atoms with E-state index in [4.69, 9.17) is 10.8 Å². The second-order valence-electron chi connectivity index (χ2n) is 10.8. The Morgan fingerprint density at radius 2 is 1.76 bits per heavy atom. The molecular weight excluding hydrogens is 429 g/mol. The van der Waals surface area contributed by atoms with E-state index in [2.05, 4.69) is 35.7 Å². The van der Waals surface area contributed by atoms with Crippen molar-refractivity contribution in [2.75, 3.05) is 25.9 Å². The Morgan fingerprint density at radius 3 is 2.33 bits per heavy atom. The molecule has 178 valence electrons. The second-order valence-corrected chi connectivity index (χ2v) is 10.8. The Morgan fingerprint density at radius 1 is 1.03 bits per heavy atom. The predicted molar refractivity (Wildman–Crippen MR) is 120 cm³/mol. The van der Waals surface area contributed by atoms with E-state index in [0.29, 0.717) is 35.1 Å². The molecule has 2 aromatic heterocycles. The lowest BCUT2D eigenvalue weighted by atomic mass is 10.0. The summed E-state index contributed by atoms with van der Waals surface area (Å²) in [6, 6.07) is 5.32. The first-order valence-corrected chi connectivity index (χ1v) is 12.0. The monoisotopic (exact) mass is 460 g/mol. The molecule has 2 aromatic rings.